The topological polar surface area (TPSA) is 42.4 Å². The molecule has 2 rings (SSSR count). The van der Waals surface area contributed by atoms with E-state index in [2.05, 4.69) is 11.9 Å². The summed E-state index contributed by atoms with van der Waals surface area (Å²) in [7, 11) is 1.83. The number of rotatable bonds is 6. The number of ether oxygens (including phenoxy) is 1. The van der Waals surface area contributed by atoms with Crippen LogP contribution in [0.5, 0.6) is 0 Å². The molecule has 1 saturated carbocycles. The van der Waals surface area contributed by atoms with Gasteiger partial charge in [0.1, 0.15) is 6.61 Å². The molecule has 2 atom stereocenters. The van der Waals surface area contributed by atoms with Gasteiger partial charge in [-0.15, -0.1) is 0 Å². The molecule has 1 aliphatic carbocycles. The lowest BCUT2D eigenvalue weighted by atomic mass is 9.89. The Morgan fingerprint density at radius 2 is 2.29 bits per heavy atom. The van der Waals surface area contributed by atoms with Crippen molar-refractivity contribution >= 4 is 5.91 Å². The molecule has 0 aliphatic heterocycles. The summed E-state index contributed by atoms with van der Waals surface area (Å²) in [6.07, 6.45) is 7.52. The number of nitrogens with zero attached hydrogens (tertiary/aromatic N) is 2. The average Bonchev–Trinajstić information content (AvgIpc) is 2.51. The van der Waals surface area contributed by atoms with Crippen molar-refractivity contribution in [2.75, 3.05) is 20.2 Å². The van der Waals surface area contributed by atoms with E-state index in [0.717, 1.165) is 30.9 Å². The molecule has 0 unspecified atom stereocenters. The quantitative estimate of drug-likeness (QED) is 0.809. The van der Waals surface area contributed by atoms with Gasteiger partial charge in [0.25, 0.3) is 0 Å². The highest BCUT2D eigenvalue weighted by Gasteiger charge is 2.20. The minimum absolute atomic E-state index is 0.0594. The summed E-state index contributed by atoms with van der Waals surface area (Å²) in [5, 5.41) is 0. The van der Waals surface area contributed by atoms with Crippen molar-refractivity contribution in [1.82, 2.24) is 9.88 Å². The van der Waals surface area contributed by atoms with E-state index >= 15 is 0 Å². The molecule has 1 aliphatic rings. The van der Waals surface area contributed by atoms with E-state index in [1.54, 1.807) is 11.1 Å². The highest BCUT2D eigenvalue weighted by atomic mass is 16.5. The zero-order chi connectivity index (χ0) is 15.1. The van der Waals surface area contributed by atoms with Gasteiger partial charge < -0.3 is 9.64 Å². The molecule has 4 heteroatoms. The van der Waals surface area contributed by atoms with Crippen LogP contribution in [-0.2, 0) is 16.0 Å². The molecule has 1 heterocycles. The van der Waals surface area contributed by atoms with E-state index in [-0.39, 0.29) is 18.6 Å². The van der Waals surface area contributed by atoms with Crippen molar-refractivity contribution < 1.29 is 9.53 Å². The van der Waals surface area contributed by atoms with Gasteiger partial charge in [0.05, 0.1) is 6.10 Å². The number of aromatic nitrogens is 1. The van der Waals surface area contributed by atoms with Gasteiger partial charge in [-0.25, -0.2) is 0 Å². The van der Waals surface area contributed by atoms with Gasteiger partial charge in [-0.3, -0.25) is 9.78 Å². The molecule has 4 nitrogen and oxygen atoms in total. The molecule has 0 N–H and O–H groups in total. The first-order valence-corrected chi connectivity index (χ1v) is 7.90. The standard InChI is InChI=1S/C17H26N2O2/c1-14-6-5-8-16(12-14)21-13-17(20)19(2)11-9-15-7-3-4-10-18-15/h3-4,7,10,14,16H,5-6,8-9,11-13H2,1-2H3/t14-,16-/m1/s1. The van der Waals surface area contributed by atoms with Gasteiger partial charge in [-0.05, 0) is 30.9 Å². The number of carbonyl (C=O) groups excluding carboxylic acids is 1. The Morgan fingerprint density at radius 1 is 1.43 bits per heavy atom. The lowest BCUT2D eigenvalue weighted by Crippen LogP contribution is -2.34. The maximum atomic E-state index is 12.1. The second kappa shape index (κ2) is 8.13. The van der Waals surface area contributed by atoms with Gasteiger partial charge in [0.15, 0.2) is 0 Å². The Labute approximate surface area is 127 Å². The van der Waals surface area contributed by atoms with Crippen LogP contribution >= 0.6 is 0 Å². The largest absolute Gasteiger partial charge is 0.368 e. The molecule has 0 aromatic carbocycles. The predicted molar refractivity (Wildman–Crippen MR) is 83.0 cm³/mol. The number of pyridine rings is 1. The highest BCUT2D eigenvalue weighted by Crippen LogP contribution is 2.25. The fourth-order valence-corrected chi connectivity index (χ4v) is 2.78. The molecule has 1 aromatic heterocycles. The first-order valence-electron chi connectivity index (χ1n) is 7.90. The van der Waals surface area contributed by atoms with E-state index < -0.39 is 0 Å². The first-order chi connectivity index (χ1) is 10.1. The molecule has 0 spiro atoms. The SMILES string of the molecule is C[C@@H]1CCC[C@@H](OCC(=O)N(C)CCc2ccccn2)C1. The maximum Gasteiger partial charge on any atom is 0.248 e. The Kier molecular flexibility index (Phi) is 6.18. The summed E-state index contributed by atoms with van der Waals surface area (Å²) >= 11 is 0. The molecular weight excluding hydrogens is 264 g/mol. The van der Waals surface area contributed by atoms with Crippen molar-refractivity contribution in [3.05, 3.63) is 30.1 Å². The van der Waals surface area contributed by atoms with E-state index in [9.17, 15) is 4.79 Å². The van der Waals surface area contributed by atoms with Crippen LogP contribution in [-0.4, -0.2) is 42.1 Å². The molecule has 1 amide bonds. The van der Waals surface area contributed by atoms with Crippen molar-refractivity contribution in [2.45, 2.75) is 45.1 Å². The lowest BCUT2D eigenvalue weighted by molar-refractivity contribution is -0.137. The highest BCUT2D eigenvalue weighted by molar-refractivity contribution is 5.77. The van der Waals surface area contributed by atoms with Crippen LogP contribution < -0.4 is 0 Å². The van der Waals surface area contributed by atoms with Crippen LogP contribution in [0.4, 0.5) is 0 Å². The predicted octanol–water partition coefficient (Wildman–Crippen LogP) is 2.68. The number of carbonyl (C=O) groups is 1. The molecular formula is C17H26N2O2. The Bertz CT molecular complexity index is 436. The fourth-order valence-electron chi connectivity index (χ4n) is 2.78. The average molecular weight is 290 g/mol. The fraction of sp³-hybridized carbons (Fsp3) is 0.647. The summed E-state index contributed by atoms with van der Waals surface area (Å²) in [4.78, 5) is 18.1. The molecule has 1 aromatic rings. The number of hydrogen-bond acceptors (Lipinski definition) is 3. The van der Waals surface area contributed by atoms with Gasteiger partial charge in [-0.1, -0.05) is 25.8 Å². The van der Waals surface area contributed by atoms with Crippen molar-refractivity contribution in [3.8, 4) is 0 Å². The molecule has 0 bridgehead atoms. The van der Waals surface area contributed by atoms with Crippen molar-refractivity contribution in [3.63, 3.8) is 0 Å². The third-order valence-electron chi connectivity index (χ3n) is 4.19. The minimum Gasteiger partial charge on any atom is -0.368 e. The van der Waals surface area contributed by atoms with Crippen LogP contribution in [0.25, 0.3) is 0 Å². The van der Waals surface area contributed by atoms with Gasteiger partial charge in [0, 0.05) is 31.9 Å². The summed E-state index contributed by atoms with van der Waals surface area (Å²) in [5.41, 5.74) is 1.01. The van der Waals surface area contributed by atoms with Crippen LogP contribution in [0, 0.1) is 5.92 Å². The second-order valence-corrected chi connectivity index (χ2v) is 6.09. The number of amides is 1. The zero-order valence-electron chi connectivity index (χ0n) is 13.1. The summed E-state index contributed by atoms with van der Waals surface area (Å²) < 4.78 is 5.78. The van der Waals surface area contributed by atoms with E-state index in [0.29, 0.717) is 6.54 Å². The zero-order valence-corrected chi connectivity index (χ0v) is 13.1. The van der Waals surface area contributed by atoms with Gasteiger partial charge in [0.2, 0.25) is 5.91 Å². The monoisotopic (exact) mass is 290 g/mol. The normalized spacial score (nSPS) is 22.0. The Balaban J connectivity index is 1.67. The molecule has 1 fully saturated rings. The number of hydrogen-bond donors (Lipinski definition) is 0. The van der Waals surface area contributed by atoms with Crippen LogP contribution in [0.3, 0.4) is 0 Å². The van der Waals surface area contributed by atoms with Crippen LogP contribution in [0.1, 0.15) is 38.3 Å². The molecule has 0 radical (unpaired) electrons. The van der Waals surface area contributed by atoms with Crippen molar-refractivity contribution in [2.24, 2.45) is 5.92 Å². The summed E-state index contributed by atoms with van der Waals surface area (Å²) in [6.45, 7) is 3.15. The smallest absolute Gasteiger partial charge is 0.248 e. The molecule has 116 valence electrons. The van der Waals surface area contributed by atoms with Crippen LogP contribution in [0.15, 0.2) is 24.4 Å². The second-order valence-electron chi connectivity index (χ2n) is 6.09. The van der Waals surface area contributed by atoms with E-state index in [1.807, 2.05) is 25.2 Å². The molecule has 21 heavy (non-hydrogen) atoms. The van der Waals surface area contributed by atoms with Crippen molar-refractivity contribution in [1.29, 1.82) is 0 Å². The third-order valence-corrected chi connectivity index (χ3v) is 4.19. The summed E-state index contributed by atoms with van der Waals surface area (Å²) in [5.74, 6) is 0.782. The van der Waals surface area contributed by atoms with Crippen LogP contribution in [0.2, 0.25) is 0 Å². The van der Waals surface area contributed by atoms with E-state index in [1.165, 1.54) is 12.8 Å². The Morgan fingerprint density at radius 3 is 3.00 bits per heavy atom. The Hall–Kier alpha value is -1.42. The maximum absolute atomic E-state index is 12.1. The van der Waals surface area contributed by atoms with Gasteiger partial charge >= 0.3 is 0 Å². The first kappa shape index (κ1) is 16.0. The minimum atomic E-state index is 0.0594. The lowest BCUT2D eigenvalue weighted by Gasteiger charge is -2.27. The van der Waals surface area contributed by atoms with Gasteiger partial charge in [-0.2, -0.15) is 0 Å². The molecule has 0 saturated heterocycles. The number of likely N-dealkylation sites (N-methyl/N-ethyl adjacent to an activating group) is 1. The van der Waals surface area contributed by atoms with E-state index in [4.69, 9.17) is 4.74 Å². The third kappa shape index (κ3) is 5.46. The summed E-state index contributed by atoms with van der Waals surface area (Å²) in [6, 6.07) is 5.85.